The summed E-state index contributed by atoms with van der Waals surface area (Å²) in [6.07, 6.45) is 0. The largest absolute Gasteiger partial charge is 0.445 e. The van der Waals surface area contributed by atoms with E-state index in [1.807, 2.05) is 0 Å². The van der Waals surface area contributed by atoms with Gasteiger partial charge in [0.25, 0.3) is 5.56 Å². The highest BCUT2D eigenvalue weighted by atomic mass is 16.3. The van der Waals surface area contributed by atoms with Crippen molar-refractivity contribution in [3.8, 4) is 0 Å². The third kappa shape index (κ3) is 0.868. The van der Waals surface area contributed by atoms with Crippen LogP contribution in [0.15, 0.2) is 20.1 Å². The van der Waals surface area contributed by atoms with Gasteiger partial charge in [0.15, 0.2) is 0 Å². The normalized spacial score (nSPS) is 10.8. The van der Waals surface area contributed by atoms with Crippen LogP contribution < -0.4 is 11.2 Å². The number of nitrogens with one attached hydrogen (secondary N) is 2. The minimum atomic E-state index is -0.554. The van der Waals surface area contributed by atoms with E-state index < -0.39 is 11.2 Å². The van der Waals surface area contributed by atoms with Gasteiger partial charge in [0, 0.05) is 0 Å². The molecule has 0 fully saturated rings. The van der Waals surface area contributed by atoms with E-state index in [9.17, 15) is 9.59 Å². The summed E-state index contributed by atoms with van der Waals surface area (Å²) in [5.74, 6) is 0.595. The first-order valence-corrected chi connectivity index (χ1v) is 3.39. The number of fused-ring (bicyclic) bond motifs is 1. The molecule has 2 N–H and O–H groups in total. The zero-order valence-corrected chi connectivity index (χ0v) is 6.30. The number of furan rings is 1. The van der Waals surface area contributed by atoms with Crippen LogP contribution in [0.4, 0.5) is 0 Å². The van der Waals surface area contributed by atoms with E-state index in [0.717, 1.165) is 0 Å². The number of hydrogen-bond acceptors (Lipinski definition) is 3. The maximum Gasteiger partial charge on any atom is 0.328 e. The molecule has 2 aromatic rings. The Morgan fingerprint density at radius 3 is 2.83 bits per heavy atom. The van der Waals surface area contributed by atoms with Gasteiger partial charge in [0.1, 0.15) is 11.1 Å². The number of aryl methyl sites for hydroxylation is 1. The monoisotopic (exact) mass is 166 g/mol. The van der Waals surface area contributed by atoms with Crippen molar-refractivity contribution in [1.29, 1.82) is 0 Å². The van der Waals surface area contributed by atoms with Gasteiger partial charge in [0.05, 0.1) is 0 Å². The Morgan fingerprint density at radius 1 is 1.33 bits per heavy atom. The third-order valence-corrected chi connectivity index (χ3v) is 1.55. The van der Waals surface area contributed by atoms with E-state index in [2.05, 4.69) is 9.97 Å². The zero-order chi connectivity index (χ0) is 8.72. The Morgan fingerprint density at radius 2 is 2.08 bits per heavy atom. The average Bonchev–Trinajstić information content (AvgIpc) is 2.29. The standard InChI is InChI=1S/C7H6N2O3/c1-3-2-4-5(10)8-7(11)9-6(4)12-3/h2H,1H3,(H2,8,9,10,11). The van der Waals surface area contributed by atoms with Crippen LogP contribution in [0, 0.1) is 6.92 Å². The van der Waals surface area contributed by atoms with Crippen LogP contribution in [0.1, 0.15) is 5.76 Å². The SMILES string of the molecule is Cc1cc2c(=O)[nH]c(=O)[nH]c2o1. The van der Waals surface area contributed by atoms with Gasteiger partial charge in [-0.2, -0.15) is 0 Å². The Kier molecular flexibility index (Phi) is 1.21. The van der Waals surface area contributed by atoms with Crippen LogP contribution in [0.5, 0.6) is 0 Å². The first-order chi connectivity index (χ1) is 5.66. The molecule has 0 unspecified atom stereocenters. The fourth-order valence-corrected chi connectivity index (χ4v) is 1.08. The van der Waals surface area contributed by atoms with Crippen molar-refractivity contribution in [2.24, 2.45) is 0 Å². The summed E-state index contributed by atoms with van der Waals surface area (Å²) in [5.41, 5.74) is -0.756. The molecule has 0 saturated heterocycles. The summed E-state index contributed by atoms with van der Waals surface area (Å²) in [6.45, 7) is 1.71. The minimum Gasteiger partial charge on any atom is -0.445 e. The summed E-state index contributed by atoms with van der Waals surface area (Å²) in [7, 11) is 0. The van der Waals surface area contributed by atoms with Gasteiger partial charge in [-0.05, 0) is 13.0 Å². The van der Waals surface area contributed by atoms with Crippen molar-refractivity contribution in [1.82, 2.24) is 9.97 Å². The summed E-state index contributed by atoms with van der Waals surface area (Å²) >= 11 is 0. The van der Waals surface area contributed by atoms with E-state index in [1.165, 1.54) is 0 Å². The average molecular weight is 166 g/mol. The second kappa shape index (κ2) is 2.10. The molecule has 0 aliphatic carbocycles. The second-order valence-corrected chi connectivity index (χ2v) is 2.51. The summed E-state index contributed by atoms with van der Waals surface area (Å²) in [4.78, 5) is 26.3. The molecule has 0 aliphatic heterocycles. The number of aromatic nitrogens is 2. The Balaban J connectivity index is 3.08. The molecule has 2 rings (SSSR count). The highest BCUT2D eigenvalue weighted by Gasteiger charge is 2.04. The van der Waals surface area contributed by atoms with E-state index in [0.29, 0.717) is 11.1 Å². The van der Waals surface area contributed by atoms with Crippen molar-refractivity contribution < 1.29 is 4.42 Å². The van der Waals surface area contributed by atoms with E-state index in [-0.39, 0.29) is 5.71 Å². The molecule has 0 aromatic carbocycles. The van der Waals surface area contributed by atoms with Gasteiger partial charge in [0.2, 0.25) is 5.71 Å². The van der Waals surface area contributed by atoms with Crippen molar-refractivity contribution in [3.63, 3.8) is 0 Å². The molecular weight excluding hydrogens is 160 g/mol. The minimum absolute atomic E-state index is 0.223. The molecule has 12 heavy (non-hydrogen) atoms. The van der Waals surface area contributed by atoms with Crippen molar-refractivity contribution in [2.75, 3.05) is 0 Å². The molecule has 0 atom stereocenters. The molecule has 0 aliphatic rings. The van der Waals surface area contributed by atoms with Gasteiger partial charge in [-0.25, -0.2) is 4.79 Å². The quantitative estimate of drug-likeness (QED) is 0.583. The fraction of sp³-hybridized carbons (Fsp3) is 0.143. The molecular formula is C7H6N2O3. The summed E-state index contributed by atoms with van der Waals surface area (Å²) < 4.78 is 5.05. The van der Waals surface area contributed by atoms with Crippen LogP contribution in [0.2, 0.25) is 0 Å². The fourth-order valence-electron chi connectivity index (χ4n) is 1.08. The van der Waals surface area contributed by atoms with E-state index >= 15 is 0 Å². The van der Waals surface area contributed by atoms with Crippen LogP contribution in [-0.4, -0.2) is 9.97 Å². The van der Waals surface area contributed by atoms with Crippen molar-refractivity contribution in [3.05, 3.63) is 32.7 Å². The molecule has 0 amide bonds. The van der Waals surface area contributed by atoms with Gasteiger partial charge in [-0.1, -0.05) is 0 Å². The highest BCUT2D eigenvalue weighted by molar-refractivity contribution is 5.72. The van der Waals surface area contributed by atoms with Crippen LogP contribution in [0.3, 0.4) is 0 Å². The zero-order valence-electron chi connectivity index (χ0n) is 6.30. The van der Waals surface area contributed by atoms with Crippen LogP contribution >= 0.6 is 0 Å². The third-order valence-electron chi connectivity index (χ3n) is 1.55. The van der Waals surface area contributed by atoms with Crippen molar-refractivity contribution in [2.45, 2.75) is 6.92 Å². The smallest absolute Gasteiger partial charge is 0.328 e. The Hall–Kier alpha value is -1.78. The number of aromatic amines is 2. The lowest BCUT2D eigenvalue weighted by Crippen LogP contribution is -2.20. The van der Waals surface area contributed by atoms with Gasteiger partial charge in [-0.3, -0.25) is 14.8 Å². The highest BCUT2D eigenvalue weighted by Crippen LogP contribution is 2.09. The Labute approximate surface area is 66.0 Å². The first kappa shape index (κ1) is 6.90. The maximum atomic E-state index is 11.1. The van der Waals surface area contributed by atoms with Crippen LogP contribution in [0.25, 0.3) is 11.1 Å². The molecule has 0 radical (unpaired) electrons. The summed E-state index contributed by atoms with van der Waals surface area (Å²) in [6, 6.07) is 1.57. The predicted molar refractivity (Wildman–Crippen MR) is 42.2 cm³/mol. The lowest BCUT2D eigenvalue weighted by Gasteiger charge is -1.83. The van der Waals surface area contributed by atoms with Gasteiger partial charge >= 0.3 is 5.69 Å². The molecule has 2 heterocycles. The number of hydrogen-bond donors (Lipinski definition) is 2. The van der Waals surface area contributed by atoms with E-state index in [1.54, 1.807) is 13.0 Å². The first-order valence-electron chi connectivity index (χ1n) is 3.39. The Bertz CT molecular complexity index is 531. The van der Waals surface area contributed by atoms with Crippen molar-refractivity contribution >= 4 is 11.1 Å². The molecule has 5 nitrogen and oxygen atoms in total. The van der Waals surface area contributed by atoms with Gasteiger partial charge in [-0.15, -0.1) is 0 Å². The lowest BCUT2D eigenvalue weighted by molar-refractivity contribution is 0.565. The van der Waals surface area contributed by atoms with Crippen LogP contribution in [-0.2, 0) is 0 Å². The molecule has 5 heteroatoms. The summed E-state index contributed by atoms with van der Waals surface area (Å²) in [5, 5.41) is 0.368. The molecule has 2 aromatic heterocycles. The predicted octanol–water partition coefficient (Wildman–Crippen LogP) is 0.118. The molecule has 0 bridgehead atoms. The molecule has 0 saturated carbocycles. The maximum absolute atomic E-state index is 11.1. The second-order valence-electron chi connectivity index (χ2n) is 2.51. The topological polar surface area (TPSA) is 78.9 Å². The van der Waals surface area contributed by atoms with Gasteiger partial charge < -0.3 is 4.42 Å². The molecule has 0 spiro atoms. The lowest BCUT2D eigenvalue weighted by atomic mass is 10.4. The number of H-pyrrole nitrogens is 2. The molecule has 62 valence electrons. The number of rotatable bonds is 0. The van der Waals surface area contributed by atoms with E-state index in [4.69, 9.17) is 4.42 Å².